The molecular formula is C27H23N7OS. The van der Waals surface area contributed by atoms with E-state index in [0.717, 1.165) is 28.1 Å². The van der Waals surface area contributed by atoms with Crippen LogP contribution in [-0.2, 0) is 11.3 Å². The number of thioether (sulfide) groups is 1. The summed E-state index contributed by atoms with van der Waals surface area (Å²) >= 11 is 1.30. The van der Waals surface area contributed by atoms with Crippen molar-refractivity contribution in [3.8, 4) is 5.69 Å². The highest BCUT2D eigenvalue weighted by atomic mass is 32.2. The number of hydrazone groups is 1. The Kier molecular flexibility index (Phi) is 7.29. The van der Waals surface area contributed by atoms with Crippen molar-refractivity contribution in [2.24, 2.45) is 5.10 Å². The van der Waals surface area contributed by atoms with Crippen molar-refractivity contribution in [3.63, 3.8) is 0 Å². The van der Waals surface area contributed by atoms with Crippen molar-refractivity contribution in [1.29, 1.82) is 0 Å². The van der Waals surface area contributed by atoms with Crippen LogP contribution in [-0.4, -0.2) is 37.6 Å². The molecule has 0 unspecified atom stereocenters. The fourth-order valence-corrected chi connectivity index (χ4v) is 4.46. The molecule has 0 bridgehead atoms. The van der Waals surface area contributed by atoms with Gasteiger partial charge in [-0.1, -0.05) is 72.4 Å². The molecule has 0 saturated carbocycles. The van der Waals surface area contributed by atoms with Gasteiger partial charge in [0.25, 0.3) is 5.91 Å². The maximum atomic E-state index is 12.4. The van der Waals surface area contributed by atoms with Gasteiger partial charge in [-0.2, -0.15) is 5.10 Å². The van der Waals surface area contributed by atoms with E-state index in [2.05, 4.69) is 55.3 Å². The third-order valence-electron chi connectivity index (χ3n) is 5.36. The lowest BCUT2D eigenvalue weighted by molar-refractivity contribution is -0.118. The number of carbonyl (C=O) groups is 1. The van der Waals surface area contributed by atoms with Gasteiger partial charge in [0.05, 0.1) is 18.5 Å². The Morgan fingerprint density at radius 2 is 1.78 bits per heavy atom. The molecule has 36 heavy (non-hydrogen) atoms. The monoisotopic (exact) mass is 493 g/mol. The van der Waals surface area contributed by atoms with Gasteiger partial charge in [-0.3, -0.25) is 14.3 Å². The third-order valence-corrected chi connectivity index (χ3v) is 6.29. The fraction of sp³-hybridized carbons (Fsp3) is 0.0741. The Hall–Kier alpha value is -4.50. The first-order valence-corrected chi connectivity index (χ1v) is 12.3. The zero-order valence-corrected chi connectivity index (χ0v) is 20.1. The molecule has 2 heterocycles. The van der Waals surface area contributed by atoms with Crippen molar-refractivity contribution >= 4 is 40.3 Å². The second-order valence-electron chi connectivity index (χ2n) is 7.82. The summed E-state index contributed by atoms with van der Waals surface area (Å²) in [4.78, 5) is 16.4. The number of anilines is 1. The minimum absolute atomic E-state index is 0.145. The van der Waals surface area contributed by atoms with E-state index < -0.39 is 0 Å². The highest BCUT2D eigenvalue weighted by Crippen LogP contribution is 2.25. The number of nitrogens with one attached hydrogen (secondary N) is 2. The Morgan fingerprint density at radius 1 is 0.944 bits per heavy atom. The van der Waals surface area contributed by atoms with Crippen LogP contribution in [0.2, 0.25) is 0 Å². The van der Waals surface area contributed by atoms with Crippen LogP contribution in [0, 0.1) is 0 Å². The minimum Gasteiger partial charge on any atom is -0.377 e. The molecule has 0 saturated heterocycles. The smallest absolute Gasteiger partial charge is 0.250 e. The number of pyridine rings is 1. The molecule has 2 N–H and O–H groups in total. The van der Waals surface area contributed by atoms with Crippen LogP contribution in [0.25, 0.3) is 16.5 Å². The predicted molar refractivity (Wildman–Crippen MR) is 143 cm³/mol. The average Bonchev–Trinajstić information content (AvgIpc) is 3.34. The average molecular weight is 494 g/mol. The molecule has 3 aromatic carbocycles. The van der Waals surface area contributed by atoms with Gasteiger partial charge in [0.2, 0.25) is 0 Å². The van der Waals surface area contributed by atoms with E-state index in [1.54, 1.807) is 18.6 Å². The van der Waals surface area contributed by atoms with Crippen LogP contribution in [0.5, 0.6) is 0 Å². The number of para-hydroxylation sites is 1. The zero-order valence-electron chi connectivity index (χ0n) is 19.3. The number of nitrogens with zero attached hydrogens (tertiary/aromatic N) is 5. The highest BCUT2D eigenvalue weighted by Gasteiger charge is 2.16. The number of hydrogen-bond donors (Lipinski definition) is 2. The second-order valence-corrected chi connectivity index (χ2v) is 8.76. The summed E-state index contributed by atoms with van der Waals surface area (Å²) in [7, 11) is 0. The predicted octanol–water partition coefficient (Wildman–Crippen LogP) is 4.67. The Balaban J connectivity index is 1.30. The molecule has 0 aliphatic heterocycles. The summed E-state index contributed by atoms with van der Waals surface area (Å²) in [6.45, 7) is 0.470. The highest BCUT2D eigenvalue weighted by molar-refractivity contribution is 7.99. The van der Waals surface area contributed by atoms with Gasteiger partial charge in [-0.15, -0.1) is 10.2 Å². The number of amides is 1. The maximum Gasteiger partial charge on any atom is 0.250 e. The summed E-state index contributed by atoms with van der Waals surface area (Å²) in [6, 6.07) is 28.0. The molecule has 0 aliphatic rings. The molecule has 0 fully saturated rings. The molecule has 178 valence electrons. The van der Waals surface area contributed by atoms with Crippen LogP contribution in [0.15, 0.2) is 108 Å². The van der Waals surface area contributed by atoms with Gasteiger partial charge in [-0.25, -0.2) is 5.43 Å². The van der Waals surface area contributed by atoms with Gasteiger partial charge in [0.15, 0.2) is 11.0 Å². The first-order chi connectivity index (χ1) is 17.8. The van der Waals surface area contributed by atoms with E-state index in [0.29, 0.717) is 11.7 Å². The van der Waals surface area contributed by atoms with Gasteiger partial charge in [0, 0.05) is 34.7 Å². The molecule has 2 aromatic heterocycles. The fourth-order valence-electron chi connectivity index (χ4n) is 3.69. The van der Waals surface area contributed by atoms with E-state index in [9.17, 15) is 4.79 Å². The largest absolute Gasteiger partial charge is 0.377 e. The van der Waals surface area contributed by atoms with Crippen LogP contribution in [0.3, 0.4) is 0 Å². The molecular weight excluding hydrogens is 470 g/mol. The summed E-state index contributed by atoms with van der Waals surface area (Å²) in [5, 5.41) is 19.2. The van der Waals surface area contributed by atoms with Crippen LogP contribution in [0.1, 0.15) is 11.4 Å². The Morgan fingerprint density at radius 3 is 2.64 bits per heavy atom. The lowest BCUT2D eigenvalue weighted by Crippen LogP contribution is -2.20. The molecule has 0 atom stereocenters. The Bertz CT molecular complexity index is 1480. The third kappa shape index (κ3) is 5.59. The summed E-state index contributed by atoms with van der Waals surface area (Å²) in [5.41, 5.74) is 5.30. The number of hydrogen-bond acceptors (Lipinski definition) is 7. The van der Waals surface area contributed by atoms with Crippen LogP contribution in [0.4, 0.5) is 5.69 Å². The lowest BCUT2D eigenvalue weighted by atomic mass is 10.1. The molecule has 5 rings (SSSR count). The molecule has 0 radical (unpaired) electrons. The molecule has 0 spiro atoms. The number of benzene rings is 3. The summed E-state index contributed by atoms with van der Waals surface area (Å²) in [5.74, 6) is 0.649. The SMILES string of the molecule is O=C(CSc1nnc(CNc2cccc3ccccc23)n1-c1ccccc1)N/N=C\c1cccnc1. The van der Waals surface area contributed by atoms with E-state index in [1.807, 2.05) is 65.2 Å². The van der Waals surface area contributed by atoms with Crippen molar-refractivity contribution in [3.05, 3.63) is 109 Å². The molecule has 5 aromatic rings. The number of carbonyl (C=O) groups excluding carboxylic acids is 1. The lowest BCUT2D eigenvalue weighted by Gasteiger charge is -2.12. The van der Waals surface area contributed by atoms with Crippen molar-refractivity contribution < 1.29 is 4.79 Å². The van der Waals surface area contributed by atoms with Crippen molar-refractivity contribution in [2.45, 2.75) is 11.7 Å². The van der Waals surface area contributed by atoms with Gasteiger partial charge in [0.1, 0.15) is 0 Å². The topological polar surface area (TPSA) is 97.1 Å². The molecule has 8 nitrogen and oxygen atoms in total. The van der Waals surface area contributed by atoms with Crippen LogP contribution >= 0.6 is 11.8 Å². The first-order valence-electron chi connectivity index (χ1n) is 11.3. The molecule has 0 aliphatic carbocycles. The Labute approximate surface area is 212 Å². The standard InChI is InChI=1S/C27H23N7OS/c35-26(32-30-17-20-8-7-15-28-16-20)19-36-27-33-31-25(34(27)22-11-2-1-3-12-22)18-29-24-14-6-10-21-9-4-5-13-23(21)24/h1-17,29H,18-19H2,(H,32,35)/b30-17-. The van der Waals surface area contributed by atoms with E-state index >= 15 is 0 Å². The number of fused-ring (bicyclic) bond motifs is 1. The first kappa shape index (κ1) is 23.3. The quantitative estimate of drug-likeness (QED) is 0.176. The summed E-state index contributed by atoms with van der Waals surface area (Å²) in [6.07, 6.45) is 4.90. The summed E-state index contributed by atoms with van der Waals surface area (Å²) < 4.78 is 1.97. The minimum atomic E-state index is -0.238. The second kappa shape index (κ2) is 11.3. The maximum absolute atomic E-state index is 12.4. The van der Waals surface area contributed by atoms with E-state index in [-0.39, 0.29) is 11.7 Å². The van der Waals surface area contributed by atoms with E-state index in [1.165, 1.54) is 17.1 Å². The zero-order chi connectivity index (χ0) is 24.6. The van der Waals surface area contributed by atoms with Gasteiger partial charge < -0.3 is 5.32 Å². The molecule has 9 heteroatoms. The number of rotatable bonds is 9. The molecule has 1 amide bonds. The van der Waals surface area contributed by atoms with Crippen molar-refractivity contribution in [2.75, 3.05) is 11.1 Å². The number of aromatic nitrogens is 4. The van der Waals surface area contributed by atoms with Crippen LogP contribution < -0.4 is 10.7 Å². The van der Waals surface area contributed by atoms with Crippen molar-refractivity contribution in [1.82, 2.24) is 25.2 Å². The van der Waals surface area contributed by atoms with Gasteiger partial charge in [-0.05, 0) is 29.7 Å². The van der Waals surface area contributed by atoms with E-state index in [4.69, 9.17) is 0 Å². The normalized spacial score (nSPS) is 11.1. The van der Waals surface area contributed by atoms with Gasteiger partial charge >= 0.3 is 0 Å².